The second-order valence-corrected chi connectivity index (χ2v) is 7.25. The molecule has 2 fully saturated rings. The van der Waals surface area contributed by atoms with Gasteiger partial charge >= 0.3 is 12.2 Å². The van der Waals surface area contributed by atoms with Gasteiger partial charge in [-0.25, -0.2) is 24.3 Å². The van der Waals surface area contributed by atoms with E-state index >= 15 is 0 Å². The van der Waals surface area contributed by atoms with Crippen LogP contribution in [-0.2, 0) is 11.0 Å². The summed E-state index contributed by atoms with van der Waals surface area (Å²) >= 11 is 0. The molecular formula is C18H14F3N7O2. The van der Waals surface area contributed by atoms with Crippen LogP contribution in [-0.4, -0.2) is 43.0 Å². The highest BCUT2D eigenvalue weighted by molar-refractivity contribution is 6.00. The fraction of sp³-hybridized carbons (Fsp3) is 0.333. The fourth-order valence-electron chi connectivity index (χ4n) is 3.67. The van der Waals surface area contributed by atoms with Crippen molar-refractivity contribution in [2.75, 3.05) is 6.54 Å². The molecule has 3 amide bonds. The number of hydrogen-bond acceptors (Lipinski definition) is 6. The van der Waals surface area contributed by atoms with Gasteiger partial charge < -0.3 is 5.32 Å². The summed E-state index contributed by atoms with van der Waals surface area (Å²) in [6.45, 7) is 0.118. The molecule has 3 aromatic heterocycles. The van der Waals surface area contributed by atoms with Crippen molar-refractivity contribution in [3.05, 3.63) is 53.5 Å². The molecule has 9 nitrogen and oxygen atoms in total. The van der Waals surface area contributed by atoms with Crippen LogP contribution in [0.5, 0.6) is 0 Å². The van der Waals surface area contributed by atoms with Crippen molar-refractivity contribution < 1.29 is 22.8 Å². The molecule has 2 N–H and O–H groups in total. The van der Waals surface area contributed by atoms with Crippen LogP contribution in [0, 0.1) is 0 Å². The van der Waals surface area contributed by atoms with Crippen LogP contribution in [0.2, 0.25) is 0 Å². The van der Waals surface area contributed by atoms with Gasteiger partial charge in [-0.1, -0.05) is 0 Å². The molecule has 1 aliphatic heterocycles. The number of aromatic nitrogens is 5. The summed E-state index contributed by atoms with van der Waals surface area (Å²) in [6, 6.07) is 1.21. The fourth-order valence-corrected chi connectivity index (χ4v) is 3.67. The third kappa shape index (κ3) is 3.13. The number of rotatable bonds is 3. The molecule has 30 heavy (non-hydrogen) atoms. The number of hydrogen-bond donors (Lipinski definition) is 2. The lowest BCUT2D eigenvalue weighted by molar-refractivity contribution is -0.138. The minimum absolute atomic E-state index is 0.0605. The summed E-state index contributed by atoms with van der Waals surface area (Å²) < 4.78 is 39.8. The third-order valence-electron chi connectivity index (χ3n) is 5.30. The molecule has 1 unspecified atom stereocenters. The van der Waals surface area contributed by atoms with Crippen molar-refractivity contribution in [1.82, 2.24) is 35.2 Å². The molecule has 4 heterocycles. The van der Waals surface area contributed by atoms with Crippen LogP contribution >= 0.6 is 0 Å². The zero-order valence-corrected chi connectivity index (χ0v) is 15.2. The van der Waals surface area contributed by atoms with Gasteiger partial charge in [0.2, 0.25) is 5.91 Å². The molecular weight excluding hydrogens is 403 g/mol. The maximum absolute atomic E-state index is 12.7. The summed E-state index contributed by atoms with van der Waals surface area (Å²) in [6.07, 6.45) is 0.952. The lowest BCUT2D eigenvalue weighted by Crippen LogP contribution is -2.51. The van der Waals surface area contributed by atoms with Crippen LogP contribution in [0.3, 0.4) is 0 Å². The number of halogens is 3. The highest BCUT2D eigenvalue weighted by atomic mass is 19.4. The van der Waals surface area contributed by atoms with E-state index in [9.17, 15) is 22.8 Å². The first-order valence-corrected chi connectivity index (χ1v) is 9.13. The van der Waals surface area contributed by atoms with Crippen LogP contribution in [0.4, 0.5) is 18.0 Å². The van der Waals surface area contributed by atoms with Crippen LogP contribution < -0.4 is 10.6 Å². The van der Waals surface area contributed by atoms with Crippen LogP contribution in [0.25, 0.3) is 5.65 Å². The molecule has 1 saturated carbocycles. The Hall–Kier alpha value is -3.57. The molecule has 2 aliphatic rings. The van der Waals surface area contributed by atoms with E-state index in [4.69, 9.17) is 0 Å². The molecule has 12 heteroatoms. The van der Waals surface area contributed by atoms with Gasteiger partial charge in [0, 0.05) is 42.8 Å². The summed E-state index contributed by atoms with van der Waals surface area (Å²) in [5.74, 6) is -0.987. The highest BCUT2D eigenvalue weighted by Gasteiger charge is 2.44. The highest BCUT2D eigenvalue weighted by Crippen LogP contribution is 2.54. The Labute approximate surface area is 166 Å². The van der Waals surface area contributed by atoms with E-state index in [1.807, 2.05) is 0 Å². The zero-order valence-electron chi connectivity index (χ0n) is 15.2. The van der Waals surface area contributed by atoms with Gasteiger partial charge in [-0.05, 0) is 18.4 Å². The molecule has 1 aliphatic carbocycles. The van der Waals surface area contributed by atoms with E-state index < -0.39 is 29.6 Å². The lowest BCUT2D eigenvalue weighted by atomic mass is 10.00. The number of imidazole rings is 1. The molecule has 1 saturated heterocycles. The minimum Gasteiger partial charge on any atom is -0.337 e. The van der Waals surface area contributed by atoms with Crippen LogP contribution in [0.15, 0.2) is 30.9 Å². The standard InChI is InChI=1S/C18H14F3N7O2/c19-18(20,21)8-5-23-14(24-6-8)10-3-9(10)11-4-13(27-28-2-1-22-15(11)28)12-7-25-17(30)26-16(12)29/h1-2,4-6,9-10,12H,3,7H2,(H2,25,26,29,30)/t9-,10-,12?/m0/s1. The first-order valence-electron chi connectivity index (χ1n) is 9.13. The quantitative estimate of drug-likeness (QED) is 0.671. The number of carbonyl (C=O) groups is 2. The molecule has 3 atom stereocenters. The van der Waals surface area contributed by atoms with E-state index in [0.29, 0.717) is 23.6 Å². The summed E-state index contributed by atoms with van der Waals surface area (Å²) in [5.41, 5.74) is 0.976. The van der Waals surface area contributed by atoms with Gasteiger partial charge in [-0.2, -0.15) is 18.3 Å². The second-order valence-electron chi connectivity index (χ2n) is 7.25. The number of imide groups is 1. The Bertz CT molecular complexity index is 1160. The Balaban J connectivity index is 1.46. The van der Waals surface area contributed by atoms with Gasteiger partial charge in [-0.3, -0.25) is 10.1 Å². The Morgan fingerprint density at radius 1 is 1.10 bits per heavy atom. The molecule has 5 rings (SSSR count). The molecule has 3 aromatic rings. The second kappa shape index (κ2) is 6.47. The average molecular weight is 417 g/mol. The molecule has 154 valence electrons. The van der Waals surface area contributed by atoms with Crippen molar-refractivity contribution in [3.8, 4) is 0 Å². The maximum atomic E-state index is 12.7. The van der Waals surface area contributed by atoms with Crippen molar-refractivity contribution >= 4 is 17.6 Å². The summed E-state index contributed by atoms with van der Waals surface area (Å²) in [7, 11) is 0. The maximum Gasteiger partial charge on any atom is 0.419 e. The predicted octanol–water partition coefficient (Wildman–Crippen LogP) is 1.73. The predicted molar refractivity (Wildman–Crippen MR) is 94.4 cm³/mol. The Morgan fingerprint density at radius 3 is 2.57 bits per heavy atom. The van der Waals surface area contributed by atoms with Gasteiger partial charge in [0.15, 0.2) is 5.65 Å². The van der Waals surface area contributed by atoms with Gasteiger partial charge in [0.05, 0.1) is 17.2 Å². The third-order valence-corrected chi connectivity index (χ3v) is 5.30. The topological polar surface area (TPSA) is 114 Å². The van der Waals surface area contributed by atoms with E-state index in [-0.39, 0.29) is 18.4 Å². The Kier molecular flexibility index (Phi) is 3.98. The monoisotopic (exact) mass is 417 g/mol. The first kappa shape index (κ1) is 18.5. The molecule has 0 bridgehead atoms. The number of alkyl halides is 3. The SMILES string of the molecule is O=C1NCC(c2cc([C@H]3C[C@@H]3c3ncc(C(F)(F)F)cn3)c3nccn3n2)C(=O)N1. The number of carbonyl (C=O) groups excluding carboxylic acids is 2. The average Bonchev–Trinajstić information content (AvgIpc) is 3.35. The molecule has 0 spiro atoms. The number of fused-ring (bicyclic) bond motifs is 1. The van der Waals surface area contributed by atoms with E-state index in [0.717, 1.165) is 18.0 Å². The zero-order chi connectivity index (χ0) is 21.0. The van der Waals surface area contributed by atoms with Crippen molar-refractivity contribution in [2.45, 2.75) is 30.4 Å². The van der Waals surface area contributed by atoms with E-state index in [1.54, 1.807) is 23.0 Å². The number of amides is 3. The van der Waals surface area contributed by atoms with Crippen LogP contribution in [0.1, 0.15) is 46.8 Å². The van der Waals surface area contributed by atoms with E-state index in [2.05, 4.69) is 30.7 Å². The van der Waals surface area contributed by atoms with Crippen molar-refractivity contribution in [2.24, 2.45) is 0 Å². The smallest absolute Gasteiger partial charge is 0.337 e. The minimum atomic E-state index is -4.49. The Morgan fingerprint density at radius 2 is 1.87 bits per heavy atom. The summed E-state index contributed by atoms with van der Waals surface area (Å²) in [4.78, 5) is 35.7. The number of nitrogens with zero attached hydrogens (tertiary/aromatic N) is 5. The van der Waals surface area contributed by atoms with Crippen molar-refractivity contribution in [3.63, 3.8) is 0 Å². The van der Waals surface area contributed by atoms with Gasteiger partial charge in [-0.15, -0.1) is 0 Å². The van der Waals surface area contributed by atoms with E-state index in [1.165, 1.54) is 0 Å². The van der Waals surface area contributed by atoms with Gasteiger partial charge in [0.25, 0.3) is 0 Å². The largest absolute Gasteiger partial charge is 0.419 e. The number of urea groups is 1. The normalized spacial score (nSPS) is 23.9. The lowest BCUT2D eigenvalue weighted by Gasteiger charge is -2.22. The molecule has 0 radical (unpaired) electrons. The van der Waals surface area contributed by atoms with Crippen molar-refractivity contribution in [1.29, 1.82) is 0 Å². The summed E-state index contributed by atoms with van der Waals surface area (Å²) in [5, 5.41) is 9.22. The molecule has 0 aromatic carbocycles. The number of nitrogens with one attached hydrogen (secondary N) is 2. The first-order chi connectivity index (χ1) is 14.3. The van der Waals surface area contributed by atoms with Gasteiger partial charge in [0.1, 0.15) is 5.82 Å².